The molecule has 0 saturated heterocycles. The molecule has 0 aliphatic rings. The number of carbonyl (C=O) groups is 2. The van der Waals surface area contributed by atoms with Crippen molar-refractivity contribution >= 4 is 23.2 Å². The van der Waals surface area contributed by atoms with Crippen molar-refractivity contribution in [1.29, 1.82) is 0 Å². The van der Waals surface area contributed by atoms with Crippen LogP contribution >= 0.6 is 0 Å². The molecule has 0 amide bonds. The highest BCUT2D eigenvalue weighted by molar-refractivity contribution is 5.81. The number of fused-ring (bicyclic) bond motifs is 1. The summed E-state index contributed by atoms with van der Waals surface area (Å²) in [6.07, 6.45) is 2.39. The van der Waals surface area contributed by atoms with Gasteiger partial charge < -0.3 is 14.2 Å². The molecule has 0 aliphatic carbocycles. The van der Waals surface area contributed by atoms with E-state index in [4.69, 9.17) is 14.2 Å². The van der Waals surface area contributed by atoms with Gasteiger partial charge in [0, 0.05) is 6.08 Å². The van der Waals surface area contributed by atoms with Crippen molar-refractivity contribution in [1.82, 2.24) is 15.0 Å². The van der Waals surface area contributed by atoms with E-state index in [-0.39, 0.29) is 6.61 Å². The Morgan fingerprint density at radius 2 is 1.67 bits per heavy atom. The molecule has 8 heteroatoms. The molecule has 0 atom stereocenters. The monoisotopic (exact) mass is 409 g/mol. The summed E-state index contributed by atoms with van der Waals surface area (Å²) in [5, 5.41) is 8.89. The maximum atomic E-state index is 12.1. The molecule has 3 rings (SSSR count). The average Bonchev–Trinajstić information content (AvgIpc) is 3.18. The summed E-state index contributed by atoms with van der Waals surface area (Å²) in [6, 6.07) is 12.9. The van der Waals surface area contributed by atoms with E-state index in [0.29, 0.717) is 30.9 Å². The first-order valence-corrected chi connectivity index (χ1v) is 9.64. The molecule has 0 unspecified atom stereocenters. The second kappa shape index (κ2) is 10.2. The Morgan fingerprint density at radius 3 is 2.33 bits per heavy atom. The summed E-state index contributed by atoms with van der Waals surface area (Å²) >= 11 is 0. The van der Waals surface area contributed by atoms with Gasteiger partial charge in [-0.1, -0.05) is 24.8 Å². The van der Waals surface area contributed by atoms with E-state index < -0.39 is 12.1 Å². The van der Waals surface area contributed by atoms with Crippen LogP contribution in [0.2, 0.25) is 0 Å². The Bertz CT molecular complexity index is 1010. The fourth-order valence-corrected chi connectivity index (χ4v) is 2.72. The zero-order valence-electron chi connectivity index (χ0n) is 16.7. The minimum absolute atomic E-state index is 0.208. The molecule has 0 fully saturated rings. The Hall–Kier alpha value is -3.68. The molecule has 3 aromatic rings. The van der Waals surface area contributed by atoms with Crippen LogP contribution in [-0.2, 0) is 14.3 Å². The maximum Gasteiger partial charge on any atom is 0.513 e. The minimum atomic E-state index is -0.796. The highest BCUT2D eigenvalue weighted by Gasteiger charge is 2.15. The van der Waals surface area contributed by atoms with Gasteiger partial charge >= 0.3 is 12.1 Å². The van der Waals surface area contributed by atoms with Crippen molar-refractivity contribution < 1.29 is 23.8 Å². The number of carbonyl (C=O) groups excluding carboxylic acids is 2. The molecule has 0 N–H and O–H groups in total. The predicted molar refractivity (Wildman–Crippen MR) is 111 cm³/mol. The lowest BCUT2D eigenvalue weighted by atomic mass is 10.2. The number of unbranched alkanes of at least 4 members (excludes halogenated alkanes) is 2. The van der Waals surface area contributed by atoms with Gasteiger partial charge in [-0.05, 0) is 56.0 Å². The molecule has 0 bridgehead atoms. The third kappa shape index (κ3) is 5.66. The number of nitrogens with zero attached hydrogens (tertiary/aromatic N) is 3. The number of aromatic nitrogens is 3. The molecule has 1 aromatic heterocycles. The zero-order chi connectivity index (χ0) is 21.3. The van der Waals surface area contributed by atoms with Crippen molar-refractivity contribution in [3.05, 3.63) is 60.7 Å². The van der Waals surface area contributed by atoms with E-state index >= 15 is 0 Å². The van der Waals surface area contributed by atoms with E-state index in [1.54, 1.807) is 6.07 Å². The topological polar surface area (TPSA) is 92.5 Å². The lowest BCUT2D eigenvalue weighted by Crippen LogP contribution is -2.14. The molecular weight excluding hydrogens is 386 g/mol. The highest BCUT2D eigenvalue weighted by atomic mass is 16.7. The lowest BCUT2D eigenvalue weighted by Gasteiger charge is -2.10. The summed E-state index contributed by atoms with van der Waals surface area (Å²) in [7, 11) is 0. The van der Waals surface area contributed by atoms with Gasteiger partial charge in [0.1, 0.15) is 16.7 Å². The second-order valence-corrected chi connectivity index (χ2v) is 6.58. The summed E-state index contributed by atoms with van der Waals surface area (Å²) in [5.41, 5.74) is 3.01. The minimum Gasteiger partial charge on any atom is -0.463 e. The first-order valence-electron chi connectivity index (χ1n) is 9.64. The number of rotatable bonds is 9. The molecule has 8 nitrogen and oxygen atoms in total. The van der Waals surface area contributed by atoms with Gasteiger partial charge in [0.05, 0.1) is 13.2 Å². The normalized spacial score (nSPS) is 10.6. The van der Waals surface area contributed by atoms with Crippen LogP contribution in [0.25, 0.3) is 16.7 Å². The van der Waals surface area contributed by atoms with Gasteiger partial charge in [-0.2, -0.15) is 0 Å². The average molecular weight is 409 g/mol. The third-order valence-electron chi connectivity index (χ3n) is 4.23. The van der Waals surface area contributed by atoms with Crippen LogP contribution < -0.4 is 4.74 Å². The van der Waals surface area contributed by atoms with Gasteiger partial charge in [-0.25, -0.2) is 9.59 Å². The quantitative estimate of drug-likeness (QED) is 0.227. The smallest absolute Gasteiger partial charge is 0.463 e. The van der Waals surface area contributed by atoms with Crippen LogP contribution in [-0.4, -0.2) is 40.3 Å². The van der Waals surface area contributed by atoms with Gasteiger partial charge in [-0.3, -0.25) is 0 Å². The summed E-state index contributed by atoms with van der Waals surface area (Å²) < 4.78 is 15.4. The number of aryl methyl sites for hydroxylation is 1. The number of hydrogen-bond donors (Lipinski definition) is 0. The van der Waals surface area contributed by atoms with E-state index in [1.807, 2.05) is 43.3 Å². The largest absolute Gasteiger partial charge is 0.513 e. The molecule has 1 heterocycles. The Balaban J connectivity index is 1.54. The molecule has 0 spiro atoms. The number of hydrogen-bond acceptors (Lipinski definition) is 7. The van der Waals surface area contributed by atoms with Gasteiger partial charge in [0.25, 0.3) is 0 Å². The fourth-order valence-electron chi connectivity index (χ4n) is 2.72. The number of ether oxygens (including phenoxy) is 3. The Kier molecular flexibility index (Phi) is 7.15. The molecule has 0 aliphatic heterocycles. The van der Waals surface area contributed by atoms with E-state index in [9.17, 15) is 9.59 Å². The van der Waals surface area contributed by atoms with Crippen molar-refractivity contribution in [3.63, 3.8) is 0 Å². The van der Waals surface area contributed by atoms with Crippen LogP contribution in [0.5, 0.6) is 5.75 Å². The number of esters is 1. The van der Waals surface area contributed by atoms with Crippen LogP contribution in [0.4, 0.5) is 4.79 Å². The van der Waals surface area contributed by atoms with Gasteiger partial charge in [-0.15, -0.1) is 15.0 Å². The third-order valence-corrected chi connectivity index (χ3v) is 4.23. The van der Waals surface area contributed by atoms with Crippen molar-refractivity contribution in [3.8, 4) is 11.4 Å². The Labute approximate surface area is 174 Å². The second-order valence-electron chi connectivity index (χ2n) is 6.58. The molecule has 156 valence electrons. The summed E-state index contributed by atoms with van der Waals surface area (Å²) in [6.45, 7) is 5.78. The first-order chi connectivity index (χ1) is 14.6. The van der Waals surface area contributed by atoms with Crippen molar-refractivity contribution in [2.45, 2.75) is 26.2 Å². The fraction of sp³-hybridized carbons (Fsp3) is 0.273. The highest BCUT2D eigenvalue weighted by Crippen LogP contribution is 2.25. The maximum absolute atomic E-state index is 12.1. The first kappa shape index (κ1) is 21.0. The van der Waals surface area contributed by atoms with E-state index in [0.717, 1.165) is 29.1 Å². The molecule has 30 heavy (non-hydrogen) atoms. The molecule has 0 radical (unpaired) electrons. The number of benzene rings is 2. The Morgan fingerprint density at radius 1 is 1.00 bits per heavy atom. The van der Waals surface area contributed by atoms with Gasteiger partial charge in [0.15, 0.2) is 5.75 Å². The molecule has 2 aromatic carbocycles. The van der Waals surface area contributed by atoms with Crippen LogP contribution in [0.15, 0.2) is 55.1 Å². The van der Waals surface area contributed by atoms with Crippen molar-refractivity contribution in [2.75, 3.05) is 13.2 Å². The zero-order valence-corrected chi connectivity index (χ0v) is 16.7. The molecular formula is C22H23N3O5. The van der Waals surface area contributed by atoms with Crippen LogP contribution in [0.3, 0.4) is 0 Å². The van der Waals surface area contributed by atoms with Crippen LogP contribution in [0, 0.1) is 6.92 Å². The SMILES string of the molecule is C=CC(=O)OCCCCCOC(=O)Oc1ccc(C)cc1-n1nc2ccccc2n1. The van der Waals surface area contributed by atoms with Gasteiger partial charge in [0.2, 0.25) is 0 Å². The predicted octanol–water partition coefficient (Wildman–Crippen LogP) is 4.14. The summed E-state index contributed by atoms with van der Waals surface area (Å²) in [4.78, 5) is 24.5. The lowest BCUT2D eigenvalue weighted by molar-refractivity contribution is -0.137. The van der Waals surface area contributed by atoms with E-state index in [1.165, 1.54) is 4.80 Å². The summed E-state index contributed by atoms with van der Waals surface area (Å²) in [5.74, 6) is -0.134. The van der Waals surface area contributed by atoms with E-state index in [2.05, 4.69) is 16.8 Å². The molecule has 0 saturated carbocycles. The van der Waals surface area contributed by atoms with Crippen molar-refractivity contribution in [2.24, 2.45) is 0 Å². The standard InChI is InChI=1S/C22H23N3O5/c1-3-21(26)28-13-7-4-8-14-29-22(27)30-20-12-11-16(2)15-19(20)25-23-17-9-5-6-10-18(17)24-25/h3,5-6,9-12,15H,1,4,7-8,13-14H2,2H3. The van der Waals surface area contributed by atoms with Crippen LogP contribution in [0.1, 0.15) is 24.8 Å².